The summed E-state index contributed by atoms with van der Waals surface area (Å²) in [4.78, 5) is 15.6. The molecule has 0 saturated carbocycles. The van der Waals surface area contributed by atoms with Gasteiger partial charge in [0.1, 0.15) is 5.75 Å². The van der Waals surface area contributed by atoms with E-state index in [0.717, 1.165) is 16.6 Å². The predicted molar refractivity (Wildman–Crippen MR) is 80.7 cm³/mol. The molecule has 104 valence electrons. The van der Waals surface area contributed by atoms with Gasteiger partial charge in [0.05, 0.1) is 23.9 Å². The minimum Gasteiger partial charge on any atom is -0.496 e. The molecular formula is C17H13NO3. The van der Waals surface area contributed by atoms with E-state index in [1.807, 2.05) is 36.4 Å². The number of hydrogen-bond donors (Lipinski definition) is 1. The Bertz CT molecular complexity index is 813. The van der Waals surface area contributed by atoms with Crippen LogP contribution in [0.4, 0.5) is 0 Å². The standard InChI is InChI=1S/C17H13NO3/c1-21-16-10-14(11-5-3-2-4-6-11)18-15-9-12(17(19)20)7-8-13(15)16/h2-10H,1H3,(H,19,20). The fourth-order valence-electron chi connectivity index (χ4n) is 2.26. The molecule has 0 spiro atoms. The molecule has 3 aromatic rings. The molecule has 21 heavy (non-hydrogen) atoms. The van der Waals surface area contributed by atoms with Gasteiger partial charge in [0, 0.05) is 17.0 Å². The molecule has 2 aromatic carbocycles. The van der Waals surface area contributed by atoms with Gasteiger partial charge < -0.3 is 9.84 Å². The largest absolute Gasteiger partial charge is 0.496 e. The molecule has 3 rings (SSSR count). The summed E-state index contributed by atoms with van der Waals surface area (Å²) < 4.78 is 5.40. The Balaban J connectivity index is 2.26. The fourth-order valence-corrected chi connectivity index (χ4v) is 2.26. The molecule has 0 atom stereocenters. The highest BCUT2D eigenvalue weighted by molar-refractivity contribution is 5.95. The smallest absolute Gasteiger partial charge is 0.335 e. The number of carboxylic acid groups (broad SMARTS) is 1. The van der Waals surface area contributed by atoms with Crippen molar-refractivity contribution in [1.82, 2.24) is 4.98 Å². The molecule has 1 heterocycles. The van der Waals surface area contributed by atoms with Crippen LogP contribution in [0.1, 0.15) is 10.4 Å². The third-order valence-electron chi connectivity index (χ3n) is 3.31. The van der Waals surface area contributed by atoms with Crippen LogP contribution in [0.15, 0.2) is 54.6 Å². The van der Waals surface area contributed by atoms with Gasteiger partial charge in [-0.3, -0.25) is 0 Å². The molecule has 4 nitrogen and oxygen atoms in total. The quantitative estimate of drug-likeness (QED) is 0.795. The van der Waals surface area contributed by atoms with Gasteiger partial charge in [0.2, 0.25) is 0 Å². The van der Waals surface area contributed by atoms with Crippen molar-refractivity contribution in [2.45, 2.75) is 0 Å². The molecule has 0 radical (unpaired) electrons. The van der Waals surface area contributed by atoms with E-state index in [1.54, 1.807) is 25.3 Å². The first-order valence-corrected chi connectivity index (χ1v) is 6.46. The number of nitrogens with zero attached hydrogens (tertiary/aromatic N) is 1. The van der Waals surface area contributed by atoms with E-state index in [4.69, 9.17) is 9.84 Å². The van der Waals surface area contributed by atoms with Gasteiger partial charge in [0.25, 0.3) is 0 Å². The number of aromatic nitrogens is 1. The highest BCUT2D eigenvalue weighted by atomic mass is 16.5. The Labute approximate surface area is 121 Å². The molecule has 0 aliphatic rings. The third kappa shape index (κ3) is 2.43. The molecule has 1 aromatic heterocycles. The third-order valence-corrected chi connectivity index (χ3v) is 3.31. The summed E-state index contributed by atoms with van der Waals surface area (Å²) in [6, 6.07) is 16.4. The zero-order valence-corrected chi connectivity index (χ0v) is 11.4. The summed E-state index contributed by atoms with van der Waals surface area (Å²) >= 11 is 0. The van der Waals surface area contributed by atoms with Gasteiger partial charge in [-0.05, 0) is 18.2 Å². The van der Waals surface area contributed by atoms with Crippen molar-refractivity contribution in [1.29, 1.82) is 0 Å². The maximum absolute atomic E-state index is 11.1. The minimum absolute atomic E-state index is 0.210. The molecule has 0 saturated heterocycles. The Morgan fingerprint density at radius 3 is 2.52 bits per heavy atom. The monoisotopic (exact) mass is 279 g/mol. The first kappa shape index (κ1) is 13.1. The van der Waals surface area contributed by atoms with Crippen molar-refractivity contribution in [3.63, 3.8) is 0 Å². The molecule has 0 bridgehead atoms. The zero-order chi connectivity index (χ0) is 14.8. The predicted octanol–water partition coefficient (Wildman–Crippen LogP) is 3.61. The first-order chi connectivity index (χ1) is 10.2. The average Bonchev–Trinajstić information content (AvgIpc) is 2.54. The van der Waals surface area contributed by atoms with Crippen LogP contribution < -0.4 is 4.74 Å². The fraction of sp³-hybridized carbons (Fsp3) is 0.0588. The lowest BCUT2D eigenvalue weighted by Crippen LogP contribution is -1.97. The lowest BCUT2D eigenvalue weighted by atomic mass is 10.1. The van der Waals surface area contributed by atoms with Crippen LogP contribution in [0.2, 0.25) is 0 Å². The number of pyridine rings is 1. The van der Waals surface area contributed by atoms with Crippen molar-refractivity contribution in [2.24, 2.45) is 0 Å². The summed E-state index contributed by atoms with van der Waals surface area (Å²) in [5.41, 5.74) is 2.52. The Morgan fingerprint density at radius 1 is 1.10 bits per heavy atom. The van der Waals surface area contributed by atoms with Crippen molar-refractivity contribution in [3.8, 4) is 17.0 Å². The highest BCUT2D eigenvalue weighted by Crippen LogP contribution is 2.30. The van der Waals surface area contributed by atoms with E-state index in [0.29, 0.717) is 11.3 Å². The number of hydrogen-bond acceptors (Lipinski definition) is 3. The number of benzene rings is 2. The second-order valence-corrected chi connectivity index (χ2v) is 4.61. The van der Waals surface area contributed by atoms with Gasteiger partial charge in [0.15, 0.2) is 0 Å². The van der Waals surface area contributed by atoms with Crippen LogP contribution in [0.25, 0.3) is 22.2 Å². The number of aromatic carboxylic acids is 1. The lowest BCUT2D eigenvalue weighted by Gasteiger charge is -2.09. The average molecular weight is 279 g/mol. The summed E-state index contributed by atoms with van der Waals surface area (Å²) in [6.07, 6.45) is 0. The molecule has 0 amide bonds. The minimum atomic E-state index is -0.970. The number of ether oxygens (including phenoxy) is 1. The summed E-state index contributed by atoms with van der Waals surface area (Å²) in [6.45, 7) is 0. The van der Waals surface area contributed by atoms with E-state index in [1.165, 1.54) is 0 Å². The van der Waals surface area contributed by atoms with E-state index in [2.05, 4.69) is 4.98 Å². The van der Waals surface area contributed by atoms with Gasteiger partial charge >= 0.3 is 5.97 Å². The maximum Gasteiger partial charge on any atom is 0.335 e. The van der Waals surface area contributed by atoms with Gasteiger partial charge in [-0.25, -0.2) is 9.78 Å². The van der Waals surface area contributed by atoms with Crippen LogP contribution in [0, 0.1) is 0 Å². The van der Waals surface area contributed by atoms with Gasteiger partial charge in [-0.2, -0.15) is 0 Å². The number of carboxylic acids is 1. The molecule has 4 heteroatoms. The van der Waals surface area contributed by atoms with Crippen molar-refractivity contribution >= 4 is 16.9 Å². The van der Waals surface area contributed by atoms with Crippen LogP contribution in [0.5, 0.6) is 5.75 Å². The summed E-state index contributed by atoms with van der Waals surface area (Å²) in [5.74, 6) is -0.293. The van der Waals surface area contributed by atoms with Crippen molar-refractivity contribution in [3.05, 3.63) is 60.2 Å². The normalized spacial score (nSPS) is 10.5. The topological polar surface area (TPSA) is 59.4 Å². The molecule has 1 N–H and O–H groups in total. The summed E-state index contributed by atoms with van der Waals surface area (Å²) in [7, 11) is 1.59. The van der Waals surface area contributed by atoms with Crippen LogP contribution in [0.3, 0.4) is 0 Å². The van der Waals surface area contributed by atoms with Crippen LogP contribution in [-0.4, -0.2) is 23.2 Å². The molecule has 0 aliphatic carbocycles. The highest BCUT2D eigenvalue weighted by Gasteiger charge is 2.10. The van der Waals surface area contributed by atoms with E-state index in [-0.39, 0.29) is 5.56 Å². The van der Waals surface area contributed by atoms with E-state index in [9.17, 15) is 4.79 Å². The van der Waals surface area contributed by atoms with Crippen molar-refractivity contribution in [2.75, 3.05) is 7.11 Å². The van der Waals surface area contributed by atoms with E-state index >= 15 is 0 Å². The van der Waals surface area contributed by atoms with E-state index < -0.39 is 5.97 Å². The first-order valence-electron chi connectivity index (χ1n) is 6.46. The maximum atomic E-state index is 11.1. The lowest BCUT2D eigenvalue weighted by molar-refractivity contribution is 0.0697. The molecule has 0 fully saturated rings. The molecule has 0 unspecified atom stereocenters. The SMILES string of the molecule is COc1cc(-c2ccccc2)nc2cc(C(=O)O)ccc12. The Hall–Kier alpha value is -2.88. The Kier molecular flexibility index (Phi) is 3.28. The number of methoxy groups -OCH3 is 1. The van der Waals surface area contributed by atoms with Gasteiger partial charge in [-0.1, -0.05) is 30.3 Å². The number of rotatable bonds is 3. The van der Waals surface area contributed by atoms with Crippen LogP contribution in [-0.2, 0) is 0 Å². The second kappa shape index (κ2) is 5.25. The number of fused-ring (bicyclic) bond motifs is 1. The summed E-state index contributed by atoms with van der Waals surface area (Å²) in [5, 5.41) is 9.89. The van der Waals surface area contributed by atoms with Crippen LogP contribution >= 0.6 is 0 Å². The second-order valence-electron chi connectivity index (χ2n) is 4.61. The zero-order valence-electron chi connectivity index (χ0n) is 11.4. The van der Waals surface area contributed by atoms with Crippen molar-refractivity contribution < 1.29 is 14.6 Å². The van der Waals surface area contributed by atoms with Gasteiger partial charge in [-0.15, -0.1) is 0 Å². The molecular weight excluding hydrogens is 266 g/mol. The molecule has 0 aliphatic heterocycles. The number of carbonyl (C=O) groups is 1. The Morgan fingerprint density at radius 2 is 1.86 bits per heavy atom.